The Morgan fingerprint density at radius 1 is 0.406 bits per heavy atom. The summed E-state index contributed by atoms with van der Waals surface area (Å²) in [4.78, 5) is 24.5. The fourth-order valence-corrected chi connectivity index (χ4v) is 9.18. The SMILES string of the molecule is CCC/C=C\C/C=C\CCCCCCCC(=O)OCCCCC/C=C\C/C=C\CCCCCCCCCC(=O)NC(CO)C(O)CCCCCCCCCCCCCCCCCCCCCCCC. The standard InChI is InChI=1S/C63H117NO5/c1-3-5-7-9-11-13-15-17-18-19-20-21-22-23-25-28-32-35-39-43-47-51-55-61(66)60(59-65)64-62(67)56-52-48-44-40-36-33-29-26-24-27-30-34-38-42-46-50-54-58-69-63(68)57-53-49-45-41-37-31-16-14-12-10-8-6-4-2/h8,10,14,16,24,27,34,38,60-61,65-66H,3-7,9,11-13,15,17-23,25-26,28-33,35-37,39-59H2,1-2H3,(H,64,67)/b10-8-,16-14-,27-24-,38-34-. The van der Waals surface area contributed by atoms with Gasteiger partial charge < -0.3 is 20.3 Å². The van der Waals surface area contributed by atoms with Crippen molar-refractivity contribution in [2.45, 2.75) is 328 Å². The maximum Gasteiger partial charge on any atom is 0.305 e. The number of amides is 1. The van der Waals surface area contributed by atoms with Gasteiger partial charge in [0.15, 0.2) is 0 Å². The summed E-state index contributed by atoms with van der Waals surface area (Å²) in [6.45, 7) is 4.85. The number of unbranched alkanes of at least 4 members (excludes halogenated alkanes) is 37. The minimum absolute atomic E-state index is 0.0308. The predicted octanol–water partition coefficient (Wildman–Crippen LogP) is 19.0. The van der Waals surface area contributed by atoms with Crippen molar-refractivity contribution >= 4 is 11.9 Å². The van der Waals surface area contributed by atoms with E-state index in [9.17, 15) is 19.8 Å². The van der Waals surface area contributed by atoms with Gasteiger partial charge in [-0.25, -0.2) is 0 Å². The van der Waals surface area contributed by atoms with Crippen molar-refractivity contribution in [2.75, 3.05) is 13.2 Å². The highest BCUT2D eigenvalue weighted by Gasteiger charge is 2.20. The number of aliphatic hydroxyl groups is 2. The molecule has 6 nitrogen and oxygen atoms in total. The zero-order valence-corrected chi connectivity index (χ0v) is 46.0. The molecule has 2 unspecified atom stereocenters. The summed E-state index contributed by atoms with van der Waals surface area (Å²) in [5.74, 6) is -0.0804. The first-order valence-corrected chi connectivity index (χ1v) is 30.4. The van der Waals surface area contributed by atoms with E-state index in [-0.39, 0.29) is 18.5 Å². The molecule has 2 atom stereocenters. The van der Waals surface area contributed by atoms with Gasteiger partial charge in [0, 0.05) is 12.8 Å². The van der Waals surface area contributed by atoms with Gasteiger partial charge in [-0.3, -0.25) is 9.59 Å². The molecule has 0 saturated carbocycles. The van der Waals surface area contributed by atoms with Crippen LogP contribution in [0.5, 0.6) is 0 Å². The van der Waals surface area contributed by atoms with Crippen molar-refractivity contribution in [3.63, 3.8) is 0 Å². The molecule has 0 aliphatic rings. The van der Waals surface area contributed by atoms with Gasteiger partial charge in [0.1, 0.15) is 0 Å². The molecule has 0 saturated heterocycles. The third-order valence-electron chi connectivity index (χ3n) is 13.8. The van der Waals surface area contributed by atoms with E-state index in [0.29, 0.717) is 25.9 Å². The van der Waals surface area contributed by atoms with Gasteiger partial charge in [-0.05, 0) is 89.9 Å². The van der Waals surface area contributed by atoms with E-state index in [1.807, 2.05) is 0 Å². The molecule has 69 heavy (non-hydrogen) atoms. The monoisotopic (exact) mass is 968 g/mol. The number of carbonyl (C=O) groups is 2. The Morgan fingerprint density at radius 2 is 0.754 bits per heavy atom. The predicted molar refractivity (Wildman–Crippen MR) is 301 cm³/mol. The third-order valence-corrected chi connectivity index (χ3v) is 13.8. The molecule has 0 aromatic rings. The van der Waals surface area contributed by atoms with Gasteiger partial charge >= 0.3 is 5.97 Å². The van der Waals surface area contributed by atoms with Crippen LogP contribution in [-0.2, 0) is 14.3 Å². The van der Waals surface area contributed by atoms with Crippen LogP contribution in [0, 0.1) is 0 Å². The Morgan fingerprint density at radius 3 is 1.16 bits per heavy atom. The van der Waals surface area contributed by atoms with Crippen molar-refractivity contribution < 1.29 is 24.5 Å². The quantitative estimate of drug-likeness (QED) is 0.0321. The third kappa shape index (κ3) is 55.0. The maximum atomic E-state index is 12.5. The van der Waals surface area contributed by atoms with E-state index in [2.05, 4.69) is 67.8 Å². The number of carbonyl (C=O) groups excluding carboxylic acids is 2. The number of nitrogens with one attached hydrogen (secondary N) is 1. The summed E-state index contributed by atoms with van der Waals surface area (Å²) >= 11 is 0. The van der Waals surface area contributed by atoms with Crippen molar-refractivity contribution in [3.05, 3.63) is 48.6 Å². The van der Waals surface area contributed by atoms with E-state index in [1.54, 1.807) is 0 Å². The number of ether oxygens (including phenoxy) is 1. The summed E-state index contributed by atoms with van der Waals surface area (Å²) in [6, 6.07) is -0.556. The Kier molecular flexibility index (Phi) is 56.5. The number of rotatable bonds is 56. The molecule has 404 valence electrons. The first-order valence-electron chi connectivity index (χ1n) is 30.4. The van der Waals surface area contributed by atoms with Crippen LogP contribution in [0.4, 0.5) is 0 Å². The van der Waals surface area contributed by atoms with Gasteiger partial charge in [0.2, 0.25) is 5.91 Å². The van der Waals surface area contributed by atoms with Crippen LogP contribution < -0.4 is 5.32 Å². The lowest BCUT2D eigenvalue weighted by Crippen LogP contribution is -2.45. The van der Waals surface area contributed by atoms with Gasteiger partial charge in [0.05, 0.1) is 25.4 Å². The maximum absolute atomic E-state index is 12.5. The number of allylic oxidation sites excluding steroid dienone is 8. The van der Waals surface area contributed by atoms with Gasteiger partial charge in [-0.1, -0.05) is 262 Å². The summed E-state index contributed by atoms with van der Waals surface area (Å²) in [5, 5.41) is 23.4. The lowest BCUT2D eigenvalue weighted by Gasteiger charge is -2.22. The van der Waals surface area contributed by atoms with E-state index in [1.165, 1.54) is 186 Å². The van der Waals surface area contributed by atoms with Crippen molar-refractivity contribution in [2.24, 2.45) is 0 Å². The smallest absolute Gasteiger partial charge is 0.305 e. The van der Waals surface area contributed by atoms with Crippen LogP contribution in [0.25, 0.3) is 0 Å². The first-order chi connectivity index (χ1) is 34.0. The molecule has 0 heterocycles. The Hall–Kier alpha value is -2.18. The summed E-state index contributed by atoms with van der Waals surface area (Å²) < 4.78 is 5.44. The number of hydrogen-bond acceptors (Lipinski definition) is 5. The average molecular weight is 969 g/mol. The van der Waals surface area contributed by atoms with Crippen LogP contribution >= 0.6 is 0 Å². The molecule has 0 bridgehead atoms. The van der Waals surface area contributed by atoms with Crippen LogP contribution in [0.15, 0.2) is 48.6 Å². The van der Waals surface area contributed by atoms with Gasteiger partial charge in [0.25, 0.3) is 0 Å². The molecule has 0 aromatic carbocycles. The molecule has 0 fully saturated rings. The fourth-order valence-electron chi connectivity index (χ4n) is 9.18. The second kappa shape index (κ2) is 58.4. The lowest BCUT2D eigenvalue weighted by molar-refractivity contribution is -0.143. The molecule has 0 rings (SSSR count). The molecule has 3 N–H and O–H groups in total. The minimum atomic E-state index is -0.677. The zero-order valence-electron chi connectivity index (χ0n) is 46.0. The number of aliphatic hydroxyl groups excluding tert-OH is 2. The highest BCUT2D eigenvalue weighted by atomic mass is 16.5. The van der Waals surface area contributed by atoms with E-state index in [4.69, 9.17) is 4.74 Å². The van der Waals surface area contributed by atoms with Crippen LogP contribution in [0.2, 0.25) is 0 Å². The molecule has 0 spiro atoms. The van der Waals surface area contributed by atoms with E-state index < -0.39 is 12.1 Å². The van der Waals surface area contributed by atoms with Crippen LogP contribution in [0.3, 0.4) is 0 Å². The molecule has 1 amide bonds. The largest absolute Gasteiger partial charge is 0.466 e. The van der Waals surface area contributed by atoms with E-state index >= 15 is 0 Å². The lowest BCUT2D eigenvalue weighted by atomic mass is 10.0. The minimum Gasteiger partial charge on any atom is -0.466 e. The zero-order chi connectivity index (χ0) is 50.0. The molecule has 0 radical (unpaired) electrons. The summed E-state index contributed by atoms with van der Waals surface area (Å²) in [5.41, 5.74) is 0. The Labute approximate surface area is 429 Å². The topological polar surface area (TPSA) is 95.9 Å². The van der Waals surface area contributed by atoms with Gasteiger partial charge in [-0.2, -0.15) is 0 Å². The molecule has 6 heteroatoms. The second-order valence-corrected chi connectivity index (χ2v) is 20.7. The highest BCUT2D eigenvalue weighted by Crippen LogP contribution is 2.17. The second-order valence-electron chi connectivity index (χ2n) is 20.7. The first kappa shape index (κ1) is 66.8. The summed E-state index contributed by atoms with van der Waals surface area (Å²) in [6.07, 6.45) is 74.0. The number of hydrogen-bond donors (Lipinski definition) is 3. The molecule has 0 aliphatic heterocycles. The van der Waals surface area contributed by atoms with Crippen molar-refractivity contribution in [3.8, 4) is 0 Å². The Bertz CT molecular complexity index is 1160. The highest BCUT2D eigenvalue weighted by molar-refractivity contribution is 5.76. The molecule has 0 aliphatic carbocycles. The average Bonchev–Trinajstić information content (AvgIpc) is 3.35. The van der Waals surface area contributed by atoms with Gasteiger partial charge in [-0.15, -0.1) is 0 Å². The Balaban J connectivity index is 3.50. The van der Waals surface area contributed by atoms with Crippen molar-refractivity contribution in [1.29, 1.82) is 0 Å². The fraction of sp³-hybridized carbons (Fsp3) is 0.841. The summed E-state index contributed by atoms with van der Waals surface area (Å²) in [7, 11) is 0. The number of esters is 1. The molecular formula is C63H117NO5. The molecular weight excluding hydrogens is 851 g/mol. The van der Waals surface area contributed by atoms with Crippen molar-refractivity contribution in [1.82, 2.24) is 5.32 Å². The van der Waals surface area contributed by atoms with Crippen LogP contribution in [0.1, 0.15) is 316 Å². The van der Waals surface area contributed by atoms with Crippen LogP contribution in [-0.4, -0.2) is 47.4 Å². The molecule has 0 aromatic heterocycles. The normalized spacial score (nSPS) is 12.9. The van der Waals surface area contributed by atoms with E-state index in [0.717, 1.165) is 96.3 Å².